The zero-order valence-corrected chi connectivity index (χ0v) is 17.1. The summed E-state index contributed by atoms with van der Waals surface area (Å²) in [6.07, 6.45) is 3.60. The first kappa shape index (κ1) is 18.8. The van der Waals surface area contributed by atoms with Gasteiger partial charge in [-0.3, -0.25) is 19.6 Å². The van der Waals surface area contributed by atoms with Crippen LogP contribution in [-0.4, -0.2) is 44.7 Å². The number of benzene rings is 1. The molecule has 150 valence electrons. The van der Waals surface area contributed by atoms with E-state index >= 15 is 0 Å². The van der Waals surface area contributed by atoms with Gasteiger partial charge in [-0.25, -0.2) is 0 Å². The van der Waals surface area contributed by atoms with Gasteiger partial charge in [0.15, 0.2) is 5.66 Å². The van der Waals surface area contributed by atoms with Crippen LogP contribution in [0.2, 0.25) is 5.02 Å². The highest BCUT2D eigenvalue weighted by atomic mass is 35.5. The van der Waals surface area contributed by atoms with E-state index in [9.17, 15) is 9.59 Å². The number of carbonyl (C=O) groups is 2. The van der Waals surface area contributed by atoms with Crippen molar-refractivity contribution in [2.75, 3.05) is 13.1 Å². The van der Waals surface area contributed by atoms with Crippen LogP contribution in [0.5, 0.6) is 0 Å². The Bertz CT molecular complexity index is 1150. The van der Waals surface area contributed by atoms with Crippen molar-refractivity contribution < 1.29 is 9.59 Å². The smallest absolute Gasteiger partial charge is 0.257 e. The highest BCUT2D eigenvalue weighted by Gasteiger charge is 2.57. The van der Waals surface area contributed by atoms with Crippen LogP contribution in [0.4, 0.5) is 0 Å². The number of nitrogens with zero attached hydrogens (tertiary/aromatic N) is 4. The third kappa shape index (κ3) is 2.71. The lowest BCUT2D eigenvalue weighted by molar-refractivity contribution is 0.00490. The minimum absolute atomic E-state index is 0.138. The van der Waals surface area contributed by atoms with Crippen molar-refractivity contribution in [1.82, 2.24) is 19.8 Å². The molecule has 5 rings (SSSR count). The fourth-order valence-electron chi connectivity index (χ4n) is 4.43. The van der Waals surface area contributed by atoms with E-state index in [0.29, 0.717) is 47.0 Å². The Balaban J connectivity index is 1.68. The van der Waals surface area contributed by atoms with E-state index in [4.69, 9.17) is 11.6 Å². The highest BCUT2D eigenvalue weighted by Crippen LogP contribution is 2.44. The molecule has 0 saturated carbocycles. The Morgan fingerprint density at radius 1 is 1.07 bits per heavy atom. The van der Waals surface area contributed by atoms with Crippen molar-refractivity contribution in [2.24, 2.45) is 0 Å². The molecule has 1 unspecified atom stereocenters. The van der Waals surface area contributed by atoms with E-state index < -0.39 is 5.66 Å². The van der Waals surface area contributed by atoms with Crippen LogP contribution in [0.25, 0.3) is 0 Å². The molecule has 30 heavy (non-hydrogen) atoms. The van der Waals surface area contributed by atoms with Gasteiger partial charge in [-0.1, -0.05) is 29.3 Å². The van der Waals surface area contributed by atoms with Gasteiger partial charge in [-0.05, 0) is 43.3 Å². The van der Waals surface area contributed by atoms with E-state index in [1.165, 1.54) is 0 Å². The van der Waals surface area contributed by atoms with Gasteiger partial charge in [0.1, 0.15) is 0 Å². The fourth-order valence-corrected chi connectivity index (χ4v) is 4.54. The van der Waals surface area contributed by atoms with Crippen molar-refractivity contribution in [1.29, 1.82) is 0 Å². The van der Waals surface area contributed by atoms with Crippen molar-refractivity contribution in [3.63, 3.8) is 0 Å². The number of hydrogen-bond acceptors (Lipinski definition) is 4. The predicted molar refractivity (Wildman–Crippen MR) is 112 cm³/mol. The minimum atomic E-state index is -1.04. The normalized spacial score (nSPS) is 20.1. The van der Waals surface area contributed by atoms with Crippen molar-refractivity contribution in [3.8, 4) is 0 Å². The molecule has 2 aromatic heterocycles. The van der Waals surface area contributed by atoms with Crippen LogP contribution in [0.3, 0.4) is 0 Å². The first-order chi connectivity index (χ1) is 14.5. The maximum absolute atomic E-state index is 13.6. The molecule has 2 amide bonds. The second-order valence-electron chi connectivity index (χ2n) is 7.63. The van der Waals surface area contributed by atoms with E-state index in [2.05, 4.69) is 9.97 Å². The number of rotatable bonds is 2. The lowest BCUT2D eigenvalue weighted by Gasteiger charge is -2.46. The highest BCUT2D eigenvalue weighted by molar-refractivity contribution is 6.30. The summed E-state index contributed by atoms with van der Waals surface area (Å²) in [5.74, 6) is -0.276. The summed E-state index contributed by atoms with van der Waals surface area (Å²) < 4.78 is 0. The van der Waals surface area contributed by atoms with Gasteiger partial charge < -0.3 is 9.80 Å². The third-order valence-electron chi connectivity index (χ3n) is 5.90. The molecular weight excluding hydrogens is 400 g/mol. The maximum Gasteiger partial charge on any atom is 0.257 e. The summed E-state index contributed by atoms with van der Waals surface area (Å²) in [6.45, 7) is 2.82. The third-order valence-corrected chi connectivity index (χ3v) is 6.12. The second kappa shape index (κ2) is 6.92. The molecule has 0 N–H and O–H groups in total. The summed E-state index contributed by atoms with van der Waals surface area (Å²) in [7, 11) is 0. The Kier molecular flexibility index (Phi) is 4.33. The van der Waals surface area contributed by atoms with Crippen LogP contribution in [0.1, 0.15) is 37.7 Å². The Morgan fingerprint density at radius 2 is 1.87 bits per heavy atom. The number of hydrogen-bond donors (Lipinski definition) is 0. The predicted octanol–water partition coefficient (Wildman–Crippen LogP) is 3.45. The Labute approximate surface area is 179 Å². The molecule has 1 atom stereocenters. The summed E-state index contributed by atoms with van der Waals surface area (Å²) >= 11 is 6.07. The van der Waals surface area contributed by atoms with Gasteiger partial charge in [0.2, 0.25) is 0 Å². The molecule has 2 aliphatic heterocycles. The lowest BCUT2D eigenvalue weighted by Crippen LogP contribution is -2.59. The quantitative estimate of drug-likeness (QED) is 0.639. The van der Waals surface area contributed by atoms with Crippen LogP contribution >= 0.6 is 11.6 Å². The van der Waals surface area contributed by atoms with E-state index in [-0.39, 0.29) is 11.8 Å². The van der Waals surface area contributed by atoms with Crippen LogP contribution < -0.4 is 0 Å². The van der Waals surface area contributed by atoms with Gasteiger partial charge >= 0.3 is 0 Å². The van der Waals surface area contributed by atoms with E-state index in [1.807, 2.05) is 31.2 Å². The molecule has 2 aliphatic rings. The molecule has 1 aromatic carbocycles. The summed E-state index contributed by atoms with van der Waals surface area (Å²) in [5.41, 5.74) is 2.47. The first-order valence-corrected chi connectivity index (χ1v) is 10.1. The topological polar surface area (TPSA) is 66.4 Å². The molecule has 0 radical (unpaired) electrons. The van der Waals surface area contributed by atoms with E-state index in [1.54, 1.807) is 46.5 Å². The average molecular weight is 419 g/mol. The molecule has 6 nitrogen and oxygen atoms in total. The average Bonchev–Trinajstić information content (AvgIpc) is 3.15. The monoisotopic (exact) mass is 418 g/mol. The Morgan fingerprint density at radius 3 is 2.60 bits per heavy atom. The molecule has 0 spiro atoms. The van der Waals surface area contributed by atoms with Gasteiger partial charge in [0.25, 0.3) is 11.8 Å². The number of aromatic nitrogens is 2. The number of amides is 2. The zero-order valence-electron chi connectivity index (χ0n) is 16.4. The summed E-state index contributed by atoms with van der Waals surface area (Å²) in [5, 5.41) is 0.497. The van der Waals surface area contributed by atoms with Crippen LogP contribution in [-0.2, 0) is 12.1 Å². The SMILES string of the molecule is Cc1ccc(C(=O)N2CCN3C(=O)c4cccnc4CC23c2ccc(Cl)cn2)cc1. The number of aryl methyl sites for hydroxylation is 1. The van der Waals surface area contributed by atoms with Crippen molar-refractivity contribution in [2.45, 2.75) is 19.0 Å². The molecule has 1 fully saturated rings. The summed E-state index contributed by atoms with van der Waals surface area (Å²) in [6, 6.07) is 14.5. The van der Waals surface area contributed by atoms with Gasteiger partial charge in [0, 0.05) is 37.5 Å². The van der Waals surface area contributed by atoms with Crippen molar-refractivity contribution in [3.05, 3.63) is 94.0 Å². The molecule has 0 bridgehead atoms. The number of halogens is 1. The standard InChI is InChI=1S/C23H19ClN4O2/c1-15-4-6-16(7-5-15)21(29)27-11-12-28-22(30)18-3-2-10-25-19(18)13-23(27,28)20-9-8-17(24)14-26-20/h2-10,14H,11-13H2,1H3. The number of fused-ring (bicyclic) bond motifs is 2. The number of carbonyl (C=O) groups excluding carboxylic acids is 2. The fraction of sp³-hybridized carbons (Fsp3) is 0.217. The lowest BCUT2D eigenvalue weighted by atomic mass is 9.88. The second-order valence-corrected chi connectivity index (χ2v) is 8.07. The molecule has 4 heterocycles. The molecule has 1 saturated heterocycles. The van der Waals surface area contributed by atoms with Crippen LogP contribution in [0, 0.1) is 6.92 Å². The van der Waals surface area contributed by atoms with Gasteiger partial charge in [-0.2, -0.15) is 0 Å². The van der Waals surface area contributed by atoms with Crippen molar-refractivity contribution >= 4 is 23.4 Å². The zero-order chi connectivity index (χ0) is 20.9. The largest absolute Gasteiger partial charge is 0.308 e. The van der Waals surface area contributed by atoms with E-state index in [0.717, 1.165) is 5.56 Å². The first-order valence-electron chi connectivity index (χ1n) is 9.77. The number of pyridine rings is 2. The molecule has 3 aromatic rings. The molecule has 0 aliphatic carbocycles. The van der Waals surface area contributed by atoms with Gasteiger partial charge in [0.05, 0.1) is 22.0 Å². The minimum Gasteiger partial charge on any atom is -0.308 e. The Hall–Kier alpha value is -3.25. The summed E-state index contributed by atoms with van der Waals surface area (Å²) in [4.78, 5) is 39.5. The van der Waals surface area contributed by atoms with Crippen LogP contribution in [0.15, 0.2) is 60.9 Å². The molecular formula is C23H19ClN4O2. The molecule has 7 heteroatoms. The van der Waals surface area contributed by atoms with Gasteiger partial charge in [-0.15, -0.1) is 0 Å². The maximum atomic E-state index is 13.6.